The lowest BCUT2D eigenvalue weighted by Crippen LogP contribution is -2.33. The van der Waals surface area contributed by atoms with Crippen LogP contribution < -0.4 is 16.3 Å². The first-order chi connectivity index (χ1) is 12.8. The molecule has 9 nitrogen and oxygen atoms in total. The summed E-state index contributed by atoms with van der Waals surface area (Å²) >= 11 is 0. The van der Waals surface area contributed by atoms with Crippen LogP contribution in [0, 0.1) is 6.92 Å². The van der Waals surface area contributed by atoms with Crippen LogP contribution in [0.25, 0.3) is 0 Å². The van der Waals surface area contributed by atoms with Crippen LogP contribution in [0.4, 0.5) is 5.69 Å². The van der Waals surface area contributed by atoms with E-state index in [1.54, 1.807) is 31.2 Å². The molecule has 0 amide bonds. The van der Waals surface area contributed by atoms with E-state index in [0.717, 1.165) is 0 Å². The van der Waals surface area contributed by atoms with Crippen molar-refractivity contribution in [2.24, 2.45) is 0 Å². The third-order valence-corrected chi connectivity index (χ3v) is 5.60. The highest BCUT2D eigenvalue weighted by Gasteiger charge is 2.40. The summed E-state index contributed by atoms with van der Waals surface area (Å²) in [4.78, 5) is 25.8. The van der Waals surface area contributed by atoms with Gasteiger partial charge in [0.15, 0.2) is 0 Å². The molecule has 0 aliphatic carbocycles. The molecule has 0 saturated carbocycles. The summed E-state index contributed by atoms with van der Waals surface area (Å²) in [5, 5.41) is 12.4. The normalized spacial score (nSPS) is 24.5. The Labute approximate surface area is 155 Å². The Morgan fingerprint density at radius 3 is 2.74 bits per heavy atom. The van der Waals surface area contributed by atoms with Crippen molar-refractivity contribution < 1.29 is 18.9 Å². The van der Waals surface area contributed by atoms with E-state index in [4.69, 9.17) is 9.26 Å². The number of hydrogen-bond donors (Lipinski definition) is 3. The third-order valence-electron chi connectivity index (χ3n) is 4.26. The Bertz CT molecular complexity index is 957. The quantitative estimate of drug-likeness (QED) is 0.633. The number of aromatic amines is 1. The molecule has 3 rings (SSSR count). The topological polar surface area (TPSA) is 123 Å². The number of nitrogens with zero attached hydrogens (tertiary/aromatic N) is 1. The van der Waals surface area contributed by atoms with Gasteiger partial charge < -0.3 is 19.5 Å². The van der Waals surface area contributed by atoms with Crippen molar-refractivity contribution in [2.75, 3.05) is 18.4 Å². The summed E-state index contributed by atoms with van der Waals surface area (Å²) in [6.45, 7) is 2.66. The summed E-state index contributed by atoms with van der Waals surface area (Å²) in [6.07, 6.45) is -0.584. The number of para-hydroxylation sites is 1. The zero-order chi connectivity index (χ0) is 19.6. The van der Waals surface area contributed by atoms with Gasteiger partial charge in [-0.1, -0.05) is 18.2 Å². The molecule has 2 heterocycles. The molecule has 1 aliphatic rings. The molecule has 1 fully saturated rings. The minimum Gasteiger partial charge on any atom is -0.394 e. The molecular formula is C17H22N3O6P. The summed E-state index contributed by atoms with van der Waals surface area (Å²) in [5.74, 6) is 0. The van der Waals surface area contributed by atoms with E-state index in [-0.39, 0.29) is 13.0 Å². The number of aryl methyl sites for hydroxylation is 1. The number of anilines is 1. The highest BCUT2D eigenvalue weighted by molar-refractivity contribution is 7.59. The number of nitrogens with one attached hydrogen (secondary N) is 2. The number of rotatable bonds is 6. The van der Waals surface area contributed by atoms with Crippen molar-refractivity contribution in [3.63, 3.8) is 0 Å². The molecule has 1 aromatic heterocycles. The third kappa shape index (κ3) is 4.56. The average Bonchev–Trinajstić information content (AvgIpc) is 3.00. The van der Waals surface area contributed by atoms with E-state index in [2.05, 4.69) is 10.1 Å². The Balaban J connectivity index is 1.77. The molecule has 2 aromatic rings. The van der Waals surface area contributed by atoms with Crippen molar-refractivity contribution in [1.29, 1.82) is 0 Å². The molecule has 1 aliphatic heterocycles. The molecular weight excluding hydrogens is 373 g/mol. The lowest BCUT2D eigenvalue weighted by molar-refractivity contribution is -0.0417. The smallest absolute Gasteiger partial charge is 0.330 e. The molecule has 1 aromatic carbocycles. The fourth-order valence-corrected chi connectivity index (χ4v) is 4.39. The zero-order valence-corrected chi connectivity index (χ0v) is 15.9. The maximum atomic E-state index is 12.8. The lowest BCUT2D eigenvalue weighted by Gasteiger charge is -2.22. The Hall–Kier alpha value is -2.19. The van der Waals surface area contributed by atoms with Crippen LogP contribution in [0.2, 0.25) is 0 Å². The first-order valence-corrected chi connectivity index (χ1v) is 10.5. The second-order valence-electron chi connectivity index (χ2n) is 6.49. The van der Waals surface area contributed by atoms with Crippen LogP contribution in [-0.2, 0) is 13.8 Å². The highest BCUT2D eigenvalue weighted by Crippen LogP contribution is 2.47. The van der Waals surface area contributed by atoms with Crippen LogP contribution in [0.1, 0.15) is 18.2 Å². The standard InChI is InChI=1S/C17H22N3O6P/c1-11-9-20(17(23)18-16(11)22)15-8-13(14(10-21)25-15)26-27(2,24)19-12-6-4-3-5-7-12/h3-7,9,13-15,21H,8,10H2,1-2H3,(H,19,24)(H,18,22,23)/t13-,14+,15+,27?/m0/s1. The second kappa shape index (κ2) is 7.82. The summed E-state index contributed by atoms with van der Waals surface area (Å²) in [6, 6.07) is 8.98. The number of hydrogen-bond acceptors (Lipinski definition) is 6. The fourth-order valence-electron chi connectivity index (χ4n) is 2.98. The van der Waals surface area contributed by atoms with E-state index >= 15 is 0 Å². The van der Waals surface area contributed by atoms with Crippen molar-refractivity contribution in [2.45, 2.75) is 31.8 Å². The first-order valence-electron chi connectivity index (χ1n) is 8.46. The van der Waals surface area contributed by atoms with Gasteiger partial charge in [-0.15, -0.1) is 0 Å². The van der Waals surface area contributed by atoms with E-state index in [0.29, 0.717) is 11.3 Å². The summed E-state index contributed by atoms with van der Waals surface area (Å²) < 4.78 is 25.5. The second-order valence-corrected chi connectivity index (χ2v) is 8.62. The van der Waals surface area contributed by atoms with Gasteiger partial charge in [-0.2, -0.15) is 0 Å². The highest BCUT2D eigenvalue weighted by atomic mass is 31.2. The van der Waals surface area contributed by atoms with Crippen LogP contribution in [0.5, 0.6) is 0 Å². The van der Waals surface area contributed by atoms with Gasteiger partial charge in [-0.05, 0) is 19.1 Å². The van der Waals surface area contributed by atoms with Gasteiger partial charge in [-0.3, -0.25) is 18.9 Å². The van der Waals surface area contributed by atoms with Crippen molar-refractivity contribution >= 4 is 13.2 Å². The number of benzene rings is 1. The summed E-state index contributed by atoms with van der Waals surface area (Å²) in [7, 11) is -3.25. The predicted molar refractivity (Wildman–Crippen MR) is 100 cm³/mol. The molecule has 0 spiro atoms. The van der Waals surface area contributed by atoms with Crippen LogP contribution in [-0.4, -0.2) is 40.1 Å². The average molecular weight is 395 g/mol. The van der Waals surface area contributed by atoms with Gasteiger partial charge in [0.25, 0.3) is 13.1 Å². The molecule has 146 valence electrons. The van der Waals surface area contributed by atoms with Crippen LogP contribution in [0.3, 0.4) is 0 Å². The minimum atomic E-state index is -3.25. The zero-order valence-electron chi connectivity index (χ0n) is 15.0. The van der Waals surface area contributed by atoms with Gasteiger partial charge in [0.1, 0.15) is 12.3 Å². The molecule has 1 unspecified atom stereocenters. The predicted octanol–water partition coefficient (Wildman–Crippen LogP) is 1.45. The van der Waals surface area contributed by atoms with Crippen molar-refractivity contribution in [1.82, 2.24) is 9.55 Å². The number of aliphatic hydroxyl groups excluding tert-OH is 1. The lowest BCUT2D eigenvalue weighted by atomic mass is 10.2. The molecule has 4 atom stereocenters. The van der Waals surface area contributed by atoms with Crippen LogP contribution >= 0.6 is 7.52 Å². The van der Waals surface area contributed by atoms with Gasteiger partial charge in [0.05, 0.1) is 12.7 Å². The van der Waals surface area contributed by atoms with E-state index in [1.807, 2.05) is 6.07 Å². The first kappa shape index (κ1) is 19.6. The number of aromatic nitrogens is 2. The summed E-state index contributed by atoms with van der Waals surface area (Å²) in [5.41, 5.74) is -0.0808. The van der Waals surface area contributed by atoms with Gasteiger partial charge in [0, 0.05) is 30.5 Å². The molecule has 0 bridgehead atoms. The Morgan fingerprint density at radius 1 is 1.37 bits per heavy atom. The Kier molecular flexibility index (Phi) is 5.67. The maximum absolute atomic E-state index is 12.8. The maximum Gasteiger partial charge on any atom is 0.330 e. The van der Waals surface area contributed by atoms with Gasteiger partial charge in [0.2, 0.25) is 0 Å². The fraction of sp³-hybridized carbons (Fsp3) is 0.412. The monoisotopic (exact) mass is 395 g/mol. The SMILES string of the molecule is Cc1cn([C@H]2C[C@H](OP(C)(=O)Nc3ccccc3)[C@@H](CO)O2)c(=O)[nH]c1=O. The molecule has 1 saturated heterocycles. The van der Waals surface area contributed by atoms with Gasteiger partial charge in [-0.25, -0.2) is 4.79 Å². The minimum absolute atomic E-state index is 0.199. The largest absolute Gasteiger partial charge is 0.394 e. The molecule has 27 heavy (non-hydrogen) atoms. The van der Waals surface area contributed by atoms with Crippen molar-refractivity contribution in [3.05, 3.63) is 62.9 Å². The van der Waals surface area contributed by atoms with Crippen molar-refractivity contribution in [3.8, 4) is 0 Å². The number of H-pyrrole nitrogens is 1. The molecule has 0 radical (unpaired) electrons. The molecule has 10 heteroatoms. The molecule has 3 N–H and O–H groups in total. The van der Waals surface area contributed by atoms with Gasteiger partial charge >= 0.3 is 5.69 Å². The Morgan fingerprint density at radius 2 is 2.07 bits per heavy atom. The van der Waals surface area contributed by atoms with Crippen LogP contribution in [0.15, 0.2) is 46.1 Å². The number of ether oxygens (including phenoxy) is 1. The van der Waals surface area contributed by atoms with E-state index in [1.165, 1.54) is 17.4 Å². The number of aliphatic hydroxyl groups is 1. The van der Waals surface area contributed by atoms with E-state index in [9.17, 15) is 19.3 Å². The van der Waals surface area contributed by atoms with E-state index < -0.39 is 37.2 Å².